The fourth-order valence-electron chi connectivity index (χ4n) is 2.67. The number of amides is 1. The number of aliphatic carboxylic acids is 1. The van der Waals surface area contributed by atoms with E-state index in [0.29, 0.717) is 13.1 Å². The highest BCUT2D eigenvalue weighted by atomic mass is 16.4. The van der Waals surface area contributed by atoms with Gasteiger partial charge in [-0.3, -0.25) is 9.59 Å². The maximum Gasteiger partial charge on any atom is 0.312 e. The predicted molar refractivity (Wildman–Crippen MR) is 95.4 cm³/mol. The number of hydrogen-bond acceptors (Lipinski definition) is 2. The molecule has 0 bridgehead atoms. The molecule has 0 fully saturated rings. The van der Waals surface area contributed by atoms with E-state index in [1.165, 1.54) is 25.7 Å². The monoisotopic (exact) mass is 327 g/mol. The van der Waals surface area contributed by atoms with Gasteiger partial charge in [0, 0.05) is 13.1 Å². The number of carboxylic acids is 1. The van der Waals surface area contributed by atoms with Crippen LogP contribution in [0.2, 0.25) is 0 Å². The second kappa shape index (κ2) is 13.4. The summed E-state index contributed by atoms with van der Waals surface area (Å²) in [6, 6.07) is 0. The van der Waals surface area contributed by atoms with Crippen molar-refractivity contribution in [2.75, 3.05) is 13.1 Å². The molecule has 4 nitrogen and oxygen atoms in total. The highest BCUT2D eigenvalue weighted by molar-refractivity contribution is 5.93. The molecule has 0 atom stereocenters. The third-order valence-corrected chi connectivity index (χ3v) is 4.07. The number of hydrogen-bond donors (Lipinski definition) is 1. The van der Waals surface area contributed by atoms with Crippen molar-refractivity contribution in [3.8, 4) is 0 Å². The van der Waals surface area contributed by atoms with Crippen LogP contribution in [-0.2, 0) is 9.59 Å². The van der Waals surface area contributed by atoms with Gasteiger partial charge in [0.15, 0.2) is 0 Å². The Labute approximate surface area is 142 Å². The molecule has 0 aliphatic carbocycles. The zero-order chi connectivity index (χ0) is 17.7. The van der Waals surface area contributed by atoms with Crippen LogP contribution in [0.4, 0.5) is 0 Å². The molecule has 0 spiro atoms. The maximum absolute atomic E-state index is 12.0. The first-order valence-electron chi connectivity index (χ1n) is 9.32. The molecule has 23 heavy (non-hydrogen) atoms. The van der Waals surface area contributed by atoms with Crippen molar-refractivity contribution < 1.29 is 14.7 Å². The molecule has 4 heteroatoms. The van der Waals surface area contributed by atoms with Crippen molar-refractivity contribution >= 4 is 11.9 Å². The molecule has 0 unspecified atom stereocenters. The van der Waals surface area contributed by atoms with Crippen LogP contribution in [0.1, 0.15) is 85.5 Å². The molecule has 0 radical (unpaired) electrons. The van der Waals surface area contributed by atoms with Gasteiger partial charge in [-0.2, -0.15) is 0 Å². The summed E-state index contributed by atoms with van der Waals surface area (Å²) >= 11 is 0. The number of unbranched alkanes of at least 4 members (excludes halogenated alkanes) is 4. The zero-order valence-corrected chi connectivity index (χ0v) is 15.6. The molecular weight excluding hydrogens is 290 g/mol. The number of carbonyl (C=O) groups excluding carboxylic acids is 1. The first kappa shape index (κ1) is 21.9. The van der Waals surface area contributed by atoms with Crippen LogP contribution in [0.25, 0.3) is 0 Å². The molecule has 136 valence electrons. The van der Waals surface area contributed by atoms with Crippen LogP contribution < -0.4 is 0 Å². The summed E-state index contributed by atoms with van der Waals surface area (Å²) in [5, 5.41) is 8.83. The van der Waals surface area contributed by atoms with E-state index < -0.39 is 5.97 Å². The fourth-order valence-corrected chi connectivity index (χ4v) is 2.67. The molecule has 0 aromatic carbocycles. The van der Waals surface area contributed by atoms with Crippen LogP contribution in [0, 0.1) is 11.8 Å². The highest BCUT2D eigenvalue weighted by Crippen LogP contribution is 2.11. The molecule has 0 aliphatic rings. The molecule has 1 amide bonds. The minimum absolute atomic E-state index is 0.231. The highest BCUT2D eigenvalue weighted by Gasteiger charge is 2.16. The third kappa shape index (κ3) is 14.3. The second-order valence-corrected chi connectivity index (χ2v) is 7.44. The summed E-state index contributed by atoms with van der Waals surface area (Å²) in [4.78, 5) is 24.6. The summed E-state index contributed by atoms with van der Waals surface area (Å²) in [5.41, 5.74) is 0. The minimum atomic E-state index is -1.03. The van der Waals surface area contributed by atoms with Crippen LogP contribution in [-0.4, -0.2) is 35.0 Å². The Kier molecular flexibility index (Phi) is 12.8. The summed E-state index contributed by atoms with van der Waals surface area (Å²) < 4.78 is 0. The van der Waals surface area contributed by atoms with Crippen molar-refractivity contribution in [3.63, 3.8) is 0 Å². The van der Waals surface area contributed by atoms with Gasteiger partial charge in [0.1, 0.15) is 6.42 Å². The number of nitrogens with zero attached hydrogens (tertiary/aromatic N) is 1. The lowest BCUT2D eigenvalue weighted by Crippen LogP contribution is -2.34. The van der Waals surface area contributed by atoms with Gasteiger partial charge in [-0.05, 0) is 24.7 Å². The van der Waals surface area contributed by atoms with Gasteiger partial charge in [0.2, 0.25) is 5.91 Å². The van der Waals surface area contributed by atoms with E-state index in [1.807, 2.05) is 0 Å². The van der Waals surface area contributed by atoms with E-state index >= 15 is 0 Å². The van der Waals surface area contributed by atoms with Gasteiger partial charge >= 0.3 is 5.97 Å². The normalized spacial score (nSPS) is 11.2. The molecule has 0 aliphatic heterocycles. The van der Waals surface area contributed by atoms with Crippen LogP contribution in [0.5, 0.6) is 0 Å². The third-order valence-electron chi connectivity index (χ3n) is 4.07. The Morgan fingerprint density at radius 2 is 1.22 bits per heavy atom. The van der Waals surface area contributed by atoms with Crippen LogP contribution >= 0.6 is 0 Å². The fraction of sp³-hybridized carbons (Fsp3) is 0.895. The average molecular weight is 328 g/mol. The van der Waals surface area contributed by atoms with Gasteiger partial charge in [-0.1, -0.05) is 66.2 Å². The van der Waals surface area contributed by atoms with E-state index in [-0.39, 0.29) is 12.3 Å². The summed E-state index contributed by atoms with van der Waals surface area (Å²) in [7, 11) is 0. The molecule has 0 heterocycles. The number of carbonyl (C=O) groups is 2. The van der Waals surface area contributed by atoms with Crippen molar-refractivity contribution in [2.24, 2.45) is 11.8 Å². The van der Waals surface area contributed by atoms with Gasteiger partial charge in [0.05, 0.1) is 0 Å². The molecule has 0 saturated heterocycles. The summed E-state index contributed by atoms with van der Waals surface area (Å²) in [6.45, 7) is 10.3. The van der Waals surface area contributed by atoms with Crippen molar-refractivity contribution in [1.29, 1.82) is 0 Å². The molecular formula is C19H37NO3. The number of carboxylic acid groups (broad SMARTS) is 1. The van der Waals surface area contributed by atoms with Gasteiger partial charge in [-0.25, -0.2) is 0 Å². The molecule has 0 aromatic rings. The first-order chi connectivity index (χ1) is 10.8. The Balaban J connectivity index is 4.08. The molecule has 0 saturated carbocycles. The van der Waals surface area contributed by atoms with E-state index in [0.717, 1.165) is 37.5 Å². The van der Waals surface area contributed by atoms with E-state index in [2.05, 4.69) is 27.7 Å². The van der Waals surface area contributed by atoms with E-state index in [9.17, 15) is 9.59 Å². The SMILES string of the molecule is CC(C)CCCCCN(CCCCCC(C)C)C(=O)CC(=O)O. The smallest absolute Gasteiger partial charge is 0.312 e. The predicted octanol–water partition coefficient (Wildman–Crippen LogP) is 4.72. The topological polar surface area (TPSA) is 57.6 Å². The lowest BCUT2D eigenvalue weighted by atomic mass is 10.0. The van der Waals surface area contributed by atoms with Crippen LogP contribution in [0.3, 0.4) is 0 Å². The largest absolute Gasteiger partial charge is 0.481 e. The Bertz CT molecular complexity index is 309. The van der Waals surface area contributed by atoms with Crippen molar-refractivity contribution in [1.82, 2.24) is 4.90 Å². The summed E-state index contributed by atoms with van der Waals surface area (Å²) in [6.07, 6.45) is 8.62. The Morgan fingerprint density at radius 1 is 0.783 bits per heavy atom. The van der Waals surface area contributed by atoms with Gasteiger partial charge < -0.3 is 10.0 Å². The van der Waals surface area contributed by atoms with E-state index in [4.69, 9.17) is 5.11 Å². The lowest BCUT2D eigenvalue weighted by molar-refractivity contribution is -0.144. The standard InChI is InChI=1S/C19H37NO3/c1-16(2)11-7-5-9-13-20(18(21)15-19(22)23)14-10-6-8-12-17(3)4/h16-17H,5-15H2,1-4H3,(H,22,23). The second-order valence-electron chi connectivity index (χ2n) is 7.44. The zero-order valence-electron chi connectivity index (χ0n) is 15.6. The maximum atomic E-state index is 12.0. The molecule has 1 N–H and O–H groups in total. The van der Waals surface area contributed by atoms with Gasteiger partial charge in [0.25, 0.3) is 0 Å². The quantitative estimate of drug-likeness (QED) is 0.371. The molecule has 0 aromatic heterocycles. The minimum Gasteiger partial charge on any atom is -0.481 e. The average Bonchev–Trinajstić information content (AvgIpc) is 2.42. The van der Waals surface area contributed by atoms with Crippen molar-refractivity contribution in [3.05, 3.63) is 0 Å². The Morgan fingerprint density at radius 3 is 1.57 bits per heavy atom. The lowest BCUT2D eigenvalue weighted by Gasteiger charge is -2.22. The first-order valence-corrected chi connectivity index (χ1v) is 9.32. The Hall–Kier alpha value is -1.06. The summed E-state index contributed by atoms with van der Waals surface area (Å²) in [5.74, 6) is 0.186. The van der Waals surface area contributed by atoms with Gasteiger partial charge in [-0.15, -0.1) is 0 Å². The van der Waals surface area contributed by atoms with Crippen LogP contribution in [0.15, 0.2) is 0 Å². The molecule has 0 rings (SSSR count). The van der Waals surface area contributed by atoms with E-state index in [1.54, 1.807) is 4.90 Å². The van der Waals surface area contributed by atoms with Crippen molar-refractivity contribution in [2.45, 2.75) is 85.5 Å². The number of rotatable bonds is 14.